The minimum Gasteiger partial charge on any atom is -0.374 e. The summed E-state index contributed by atoms with van der Waals surface area (Å²) in [7, 11) is 1.60. The molecule has 6 nitrogen and oxygen atoms in total. The van der Waals surface area contributed by atoms with Crippen LogP contribution in [0.3, 0.4) is 0 Å². The van der Waals surface area contributed by atoms with Gasteiger partial charge >= 0.3 is 12.4 Å². The van der Waals surface area contributed by atoms with Crippen molar-refractivity contribution in [2.24, 2.45) is 70.5 Å². The van der Waals surface area contributed by atoms with Crippen LogP contribution in [-0.2, 0) is 19.1 Å². The molecule has 318 valence electrons. The van der Waals surface area contributed by atoms with Crippen molar-refractivity contribution in [3.05, 3.63) is 0 Å². The Kier molecular flexibility index (Phi) is 14.4. The molecule has 5 fully saturated rings. The molecule has 2 N–H and O–H groups in total. The summed E-state index contributed by atoms with van der Waals surface area (Å²) in [5.41, 5.74) is -0.0673. The van der Waals surface area contributed by atoms with Crippen molar-refractivity contribution in [1.82, 2.24) is 10.6 Å². The third kappa shape index (κ3) is 10.6. The van der Waals surface area contributed by atoms with Crippen LogP contribution < -0.4 is 10.6 Å². The van der Waals surface area contributed by atoms with Crippen LogP contribution in [0, 0.1) is 70.5 Å². The minimum absolute atomic E-state index is 0.0292. The molecule has 0 aromatic carbocycles. The zero-order valence-electron chi connectivity index (χ0n) is 34.5. The van der Waals surface area contributed by atoms with Crippen molar-refractivity contribution >= 4 is 11.8 Å². The second-order valence-corrected chi connectivity index (χ2v) is 19.7. The van der Waals surface area contributed by atoms with Crippen molar-refractivity contribution in [3.63, 3.8) is 0 Å². The maximum Gasteiger partial charge on any atom is 0.394 e. The highest BCUT2D eigenvalue weighted by molar-refractivity contribution is 5.81. The largest absolute Gasteiger partial charge is 0.394 e. The summed E-state index contributed by atoms with van der Waals surface area (Å²) in [6.45, 7) is 15.0. The molecule has 0 aromatic rings. The second-order valence-electron chi connectivity index (χ2n) is 19.7. The fraction of sp³-hybridized carbons (Fsp3) is 0.953. The van der Waals surface area contributed by atoms with Crippen LogP contribution in [0.25, 0.3) is 0 Å². The van der Waals surface area contributed by atoms with Crippen LogP contribution in [0.1, 0.15) is 138 Å². The molecular weight excluding hydrogens is 722 g/mol. The number of carbonyl (C=O) groups is 2. The predicted molar refractivity (Wildman–Crippen MR) is 201 cm³/mol. The Hall–Kier alpha value is -1.56. The molecule has 2 amide bonds. The van der Waals surface area contributed by atoms with Gasteiger partial charge in [-0.3, -0.25) is 9.59 Å². The first-order valence-corrected chi connectivity index (χ1v) is 21.6. The predicted octanol–water partition coefficient (Wildman–Crippen LogP) is 10.3. The average molecular weight is 793 g/mol. The van der Waals surface area contributed by atoms with Gasteiger partial charge in [-0.05, 0) is 137 Å². The van der Waals surface area contributed by atoms with Crippen LogP contribution in [0.2, 0.25) is 0 Å². The van der Waals surface area contributed by atoms with Crippen molar-refractivity contribution in [1.29, 1.82) is 0 Å². The van der Waals surface area contributed by atoms with E-state index in [1.807, 2.05) is 6.92 Å². The van der Waals surface area contributed by atoms with Gasteiger partial charge < -0.3 is 20.1 Å². The molecule has 10 atom stereocenters. The lowest BCUT2D eigenvalue weighted by Gasteiger charge is -2.53. The summed E-state index contributed by atoms with van der Waals surface area (Å²) in [5, 5.41) is 5.59. The van der Waals surface area contributed by atoms with Crippen LogP contribution in [0.4, 0.5) is 26.3 Å². The molecule has 5 rings (SSSR count). The van der Waals surface area contributed by atoms with E-state index < -0.39 is 42.4 Å². The Balaban J connectivity index is 1.15. The van der Waals surface area contributed by atoms with E-state index in [0.29, 0.717) is 50.4 Å². The maximum atomic E-state index is 14.6. The molecular formula is C43H70F6N2O4. The van der Waals surface area contributed by atoms with Crippen molar-refractivity contribution in [2.75, 3.05) is 7.05 Å². The lowest BCUT2D eigenvalue weighted by molar-refractivity contribution is -0.238. The molecule has 12 heteroatoms. The van der Waals surface area contributed by atoms with E-state index in [4.69, 9.17) is 9.47 Å². The number of nitrogens with one attached hydrogen (secondary N) is 2. The Bertz CT molecular complexity index is 1260. The molecule has 5 aliphatic rings. The Morgan fingerprint density at radius 2 is 0.945 bits per heavy atom. The zero-order valence-corrected chi connectivity index (χ0v) is 34.5. The van der Waals surface area contributed by atoms with Gasteiger partial charge in [-0.1, -0.05) is 48.5 Å². The minimum atomic E-state index is -4.45. The van der Waals surface area contributed by atoms with E-state index >= 15 is 0 Å². The van der Waals surface area contributed by atoms with E-state index in [9.17, 15) is 35.9 Å². The van der Waals surface area contributed by atoms with Crippen molar-refractivity contribution in [2.45, 2.75) is 181 Å². The van der Waals surface area contributed by atoms with E-state index in [2.05, 4.69) is 52.2 Å². The van der Waals surface area contributed by atoms with E-state index in [1.165, 1.54) is 0 Å². The highest BCUT2D eigenvalue weighted by Crippen LogP contribution is 2.54. The van der Waals surface area contributed by atoms with Gasteiger partial charge in [0, 0.05) is 24.9 Å². The van der Waals surface area contributed by atoms with Gasteiger partial charge in [0.25, 0.3) is 0 Å². The highest BCUT2D eigenvalue weighted by Gasteiger charge is 2.53. The Morgan fingerprint density at radius 3 is 1.36 bits per heavy atom. The van der Waals surface area contributed by atoms with Crippen LogP contribution >= 0.6 is 0 Å². The maximum absolute atomic E-state index is 14.6. The fourth-order valence-electron chi connectivity index (χ4n) is 11.9. The molecule has 0 bridgehead atoms. The summed E-state index contributed by atoms with van der Waals surface area (Å²) in [5.74, 6) is -2.60. The van der Waals surface area contributed by atoms with Gasteiger partial charge in [-0.25, -0.2) is 0 Å². The van der Waals surface area contributed by atoms with E-state index in [0.717, 1.165) is 32.1 Å². The number of hydrogen-bond acceptors (Lipinski definition) is 4. The van der Waals surface area contributed by atoms with Crippen LogP contribution in [0.5, 0.6) is 0 Å². The third-order valence-electron chi connectivity index (χ3n) is 15.4. The van der Waals surface area contributed by atoms with Gasteiger partial charge in [-0.15, -0.1) is 0 Å². The fourth-order valence-corrected chi connectivity index (χ4v) is 11.9. The molecule has 0 spiro atoms. The van der Waals surface area contributed by atoms with Crippen molar-refractivity contribution < 1.29 is 45.4 Å². The first-order chi connectivity index (χ1) is 25.6. The monoisotopic (exact) mass is 793 g/mol. The van der Waals surface area contributed by atoms with Gasteiger partial charge in [-0.2, -0.15) is 26.3 Å². The number of amides is 2. The normalized spacial score (nSPS) is 42.4. The Morgan fingerprint density at radius 1 is 0.545 bits per heavy atom. The summed E-state index contributed by atoms with van der Waals surface area (Å²) < 4.78 is 98.8. The molecule has 5 saturated carbocycles. The molecule has 0 aromatic heterocycles. The van der Waals surface area contributed by atoms with Crippen LogP contribution in [0.15, 0.2) is 0 Å². The zero-order chi connectivity index (χ0) is 40.6. The highest BCUT2D eigenvalue weighted by atomic mass is 19.4. The van der Waals surface area contributed by atoms with Gasteiger partial charge in [0.15, 0.2) is 0 Å². The summed E-state index contributed by atoms with van der Waals surface area (Å²) >= 11 is 0. The SMILES string of the molecule is CNC(=O)C1CCC(C(=O)NC2CCC(OC3C(C)CC(C(C)(C)C4CC(C)C(OC5CCC(C)CC5C(F)(F)F)C(C)C4)CC3C)C(C(F)(F)F)C2)CC1. The smallest absolute Gasteiger partial charge is 0.374 e. The number of rotatable bonds is 9. The summed E-state index contributed by atoms with van der Waals surface area (Å²) in [6, 6.07) is -0.565. The van der Waals surface area contributed by atoms with Crippen LogP contribution in [-0.4, -0.2) is 61.7 Å². The molecule has 0 heterocycles. The average Bonchev–Trinajstić information content (AvgIpc) is 3.10. The Labute approximate surface area is 326 Å². The second kappa shape index (κ2) is 17.7. The van der Waals surface area contributed by atoms with Crippen molar-refractivity contribution in [3.8, 4) is 0 Å². The summed E-state index contributed by atoms with van der Waals surface area (Å²) in [6.07, 6.45) is -3.42. The lowest BCUT2D eigenvalue weighted by atomic mass is 9.55. The number of halogens is 6. The van der Waals surface area contributed by atoms with Gasteiger partial charge in [0.1, 0.15) is 0 Å². The van der Waals surface area contributed by atoms with E-state index in [1.54, 1.807) is 7.05 Å². The first kappa shape index (κ1) is 44.5. The first-order valence-electron chi connectivity index (χ1n) is 21.6. The number of ether oxygens (including phenoxy) is 2. The third-order valence-corrected chi connectivity index (χ3v) is 15.4. The lowest BCUT2D eigenvalue weighted by Crippen LogP contribution is -2.52. The number of hydrogen-bond donors (Lipinski definition) is 2. The molecule has 0 aliphatic heterocycles. The standard InChI is InChI=1S/C43H70F6N2O4/c1-23-9-15-35(33(17-23)42(44,45)46)54-37-24(2)18-30(19-25(37)3)41(6,7)31-20-26(4)38(27(5)21-31)55-36-16-14-32(22-34(36)43(47,48)49)51-40(53)29-12-10-28(11-13-29)39(52)50-8/h23-38H,9-22H2,1-8H3,(H,50,52)(H,51,53). The molecule has 5 aliphatic carbocycles. The quantitative estimate of drug-likeness (QED) is 0.228. The van der Waals surface area contributed by atoms with Gasteiger partial charge in [0.2, 0.25) is 11.8 Å². The number of alkyl halides is 6. The summed E-state index contributed by atoms with van der Waals surface area (Å²) in [4.78, 5) is 25.1. The van der Waals surface area contributed by atoms with E-state index in [-0.39, 0.29) is 90.1 Å². The topological polar surface area (TPSA) is 76.7 Å². The number of carbonyl (C=O) groups excluding carboxylic acids is 2. The molecule has 10 unspecified atom stereocenters. The molecule has 0 saturated heterocycles. The molecule has 55 heavy (non-hydrogen) atoms. The molecule has 0 radical (unpaired) electrons. The van der Waals surface area contributed by atoms with Gasteiger partial charge in [0.05, 0.1) is 36.3 Å².